The van der Waals surface area contributed by atoms with E-state index in [4.69, 9.17) is 16.7 Å². The molecule has 6 nitrogen and oxygen atoms in total. The molecule has 2 aromatic rings. The summed E-state index contributed by atoms with van der Waals surface area (Å²) in [6, 6.07) is 1.36. The van der Waals surface area contributed by atoms with Gasteiger partial charge in [0.2, 0.25) is 0 Å². The van der Waals surface area contributed by atoms with E-state index >= 15 is 0 Å². The van der Waals surface area contributed by atoms with Crippen molar-refractivity contribution in [2.75, 3.05) is 0 Å². The molecular formula is C9H7ClN4O2S. The molecule has 2 aromatic heterocycles. The number of carboxylic acid groups (broad SMARTS) is 1. The number of carbonyl (C=O) groups is 1. The van der Waals surface area contributed by atoms with Crippen molar-refractivity contribution < 1.29 is 9.90 Å². The highest BCUT2D eigenvalue weighted by molar-refractivity contribution is 7.99. The van der Waals surface area contributed by atoms with Crippen molar-refractivity contribution in [3.05, 3.63) is 29.2 Å². The van der Waals surface area contributed by atoms with Crippen LogP contribution in [0.5, 0.6) is 0 Å². The monoisotopic (exact) mass is 270 g/mol. The highest BCUT2D eigenvalue weighted by atomic mass is 35.5. The van der Waals surface area contributed by atoms with Crippen molar-refractivity contribution >= 4 is 29.3 Å². The number of hydrogen-bond donors (Lipinski definition) is 1. The quantitative estimate of drug-likeness (QED) is 0.914. The Kier molecular flexibility index (Phi) is 3.30. The Morgan fingerprint density at radius 3 is 2.88 bits per heavy atom. The molecule has 0 saturated heterocycles. The third-order valence-corrected chi connectivity index (χ3v) is 3.38. The molecule has 0 unspecified atom stereocenters. The van der Waals surface area contributed by atoms with Crippen molar-refractivity contribution in [1.82, 2.24) is 19.7 Å². The van der Waals surface area contributed by atoms with Gasteiger partial charge in [0.05, 0.1) is 10.6 Å². The van der Waals surface area contributed by atoms with E-state index in [1.807, 2.05) is 0 Å². The lowest BCUT2D eigenvalue weighted by atomic mass is 10.3. The summed E-state index contributed by atoms with van der Waals surface area (Å²) in [5.74, 6) is -1.06. The minimum absolute atomic E-state index is 0.0531. The van der Waals surface area contributed by atoms with Crippen LogP contribution in [0.2, 0.25) is 5.02 Å². The lowest BCUT2D eigenvalue weighted by Crippen LogP contribution is -1.98. The summed E-state index contributed by atoms with van der Waals surface area (Å²) in [6.07, 6.45) is 2.81. The molecule has 17 heavy (non-hydrogen) atoms. The smallest absolute Gasteiger partial charge is 0.337 e. The summed E-state index contributed by atoms with van der Waals surface area (Å²) in [6.45, 7) is 0. The second-order valence-corrected chi connectivity index (χ2v) is 4.51. The van der Waals surface area contributed by atoms with Crippen molar-refractivity contribution in [3.8, 4) is 0 Å². The Labute approximate surface area is 106 Å². The molecule has 2 heterocycles. The van der Waals surface area contributed by atoms with Crippen LogP contribution in [0.3, 0.4) is 0 Å². The van der Waals surface area contributed by atoms with Crippen LogP contribution < -0.4 is 0 Å². The molecule has 0 bridgehead atoms. The lowest BCUT2D eigenvalue weighted by Gasteiger charge is -2.02. The van der Waals surface area contributed by atoms with Crippen LogP contribution in [-0.2, 0) is 7.05 Å². The van der Waals surface area contributed by atoms with Crippen LogP contribution in [0.1, 0.15) is 10.4 Å². The predicted molar refractivity (Wildman–Crippen MR) is 61.3 cm³/mol. The van der Waals surface area contributed by atoms with E-state index < -0.39 is 5.97 Å². The number of rotatable bonds is 3. The normalized spacial score (nSPS) is 10.5. The van der Waals surface area contributed by atoms with Crippen molar-refractivity contribution in [3.63, 3.8) is 0 Å². The number of carboxylic acids is 1. The highest BCUT2D eigenvalue weighted by Gasteiger charge is 2.12. The molecule has 0 aliphatic heterocycles. The summed E-state index contributed by atoms with van der Waals surface area (Å²) < 4.78 is 1.72. The van der Waals surface area contributed by atoms with Crippen LogP contribution in [0.4, 0.5) is 0 Å². The topological polar surface area (TPSA) is 80.9 Å². The second kappa shape index (κ2) is 4.72. The number of halogens is 1. The Morgan fingerprint density at radius 1 is 1.59 bits per heavy atom. The van der Waals surface area contributed by atoms with Crippen LogP contribution in [0.25, 0.3) is 0 Å². The van der Waals surface area contributed by atoms with Crippen molar-refractivity contribution in [2.45, 2.75) is 10.2 Å². The summed E-state index contributed by atoms with van der Waals surface area (Å²) in [7, 11) is 1.79. The molecule has 0 aliphatic rings. The number of pyridine rings is 1. The third-order valence-electron chi connectivity index (χ3n) is 1.91. The van der Waals surface area contributed by atoms with Gasteiger partial charge in [0, 0.05) is 13.2 Å². The molecule has 0 atom stereocenters. The van der Waals surface area contributed by atoms with Gasteiger partial charge in [-0.1, -0.05) is 11.6 Å². The first-order chi connectivity index (χ1) is 8.08. The molecule has 0 saturated carbocycles. The van der Waals surface area contributed by atoms with E-state index in [1.165, 1.54) is 24.0 Å². The molecule has 2 rings (SSSR count). The van der Waals surface area contributed by atoms with Gasteiger partial charge in [-0.25, -0.2) is 9.78 Å². The van der Waals surface area contributed by atoms with E-state index in [-0.39, 0.29) is 10.6 Å². The van der Waals surface area contributed by atoms with Gasteiger partial charge in [-0.3, -0.25) is 0 Å². The fraction of sp³-hybridized carbons (Fsp3) is 0.111. The van der Waals surface area contributed by atoms with Gasteiger partial charge in [0.15, 0.2) is 5.16 Å². The molecule has 1 N–H and O–H groups in total. The molecular weight excluding hydrogens is 264 g/mol. The average molecular weight is 271 g/mol. The Hall–Kier alpha value is -1.60. The zero-order valence-corrected chi connectivity index (χ0v) is 10.2. The summed E-state index contributed by atoms with van der Waals surface area (Å²) in [4.78, 5) is 14.7. The molecule has 0 radical (unpaired) electrons. The fourth-order valence-corrected chi connectivity index (χ4v) is 2.06. The lowest BCUT2D eigenvalue weighted by molar-refractivity contribution is 0.0696. The van der Waals surface area contributed by atoms with Gasteiger partial charge >= 0.3 is 5.97 Å². The standard InChI is InChI=1S/C9H7ClN4O2S/c1-14-4-12-13-9(14)17-7-6(10)2-5(3-11-7)8(15)16/h2-4H,1H3,(H,15,16). The van der Waals surface area contributed by atoms with E-state index in [2.05, 4.69) is 15.2 Å². The van der Waals surface area contributed by atoms with Crippen LogP contribution in [0.15, 0.2) is 28.8 Å². The highest BCUT2D eigenvalue weighted by Crippen LogP contribution is 2.30. The van der Waals surface area contributed by atoms with Crippen molar-refractivity contribution in [2.24, 2.45) is 7.05 Å². The van der Waals surface area contributed by atoms with Gasteiger partial charge in [0.25, 0.3) is 0 Å². The molecule has 0 spiro atoms. The summed E-state index contributed by atoms with van der Waals surface area (Å²) in [5, 5.41) is 17.8. The average Bonchev–Trinajstić information content (AvgIpc) is 2.67. The SMILES string of the molecule is Cn1cnnc1Sc1ncc(C(=O)O)cc1Cl. The van der Waals surface area contributed by atoms with E-state index in [9.17, 15) is 4.79 Å². The van der Waals surface area contributed by atoms with E-state index in [0.29, 0.717) is 10.2 Å². The maximum absolute atomic E-state index is 10.7. The summed E-state index contributed by atoms with van der Waals surface area (Å²) >= 11 is 7.16. The number of aromatic nitrogens is 4. The maximum Gasteiger partial charge on any atom is 0.337 e. The molecule has 88 valence electrons. The Morgan fingerprint density at radius 2 is 2.35 bits per heavy atom. The zero-order valence-electron chi connectivity index (χ0n) is 8.66. The first-order valence-corrected chi connectivity index (χ1v) is 5.68. The third kappa shape index (κ3) is 2.56. The van der Waals surface area contributed by atoms with Gasteiger partial charge < -0.3 is 9.67 Å². The van der Waals surface area contributed by atoms with Gasteiger partial charge in [-0.05, 0) is 17.8 Å². The molecule has 0 aliphatic carbocycles. The van der Waals surface area contributed by atoms with Crippen LogP contribution in [-0.4, -0.2) is 30.8 Å². The van der Waals surface area contributed by atoms with Gasteiger partial charge in [-0.2, -0.15) is 0 Å². The number of hydrogen-bond acceptors (Lipinski definition) is 5. The number of aryl methyl sites for hydroxylation is 1. The minimum atomic E-state index is -1.06. The Bertz CT molecular complexity index is 572. The second-order valence-electron chi connectivity index (χ2n) is 3.14. The molecule has 0 fully saturated rings. The fourth-order valence-electron chi connectivity index (χ4n) is 1.07. The molecule has 0 aromatic carbocycles. The minimum Gasteiger partial charge on any atom is -0.478 e. The Balaban J connectivity index is 2.29. The maximum atomic E-state index is 10.7. The van der Waals surface area contributed by atoms with Gasteiger partial charge in [0.1, 0.15) is 11.4 Å². The van der Waals surface area contributed by atoms with Crippen LogP contribution in [0, 0.1) is 0 Å². The molecule has 0 amide bonds. The largest absolute Gasteiger partial charge is 0.478 e. The number of aromatic carboxylic acids is 1. The first kappa shape index (κ1) is 11.9. The predicted octanol–water partition coefficient (Wildman–Crippen LogP) is 1.71. The first-order valence-electron chi connectivity index (χ1n) is 4.48. The van der Waals surface area contributed by atoms with Gasteiger partial charge in [-0.15, -0.1) is 10.2 Å². The number of nitrogens with zero attached hydrogens (tertiary/aromatic N) is 4. The van der Waals surface area contributed by atoms with E-state index in [0.717, 1.165) is 0 Å². The zero-order chi connectivity index (χ0) is 12.4. The van der Waals surface area contributed by atoms with E-state index in [1.54, 1.807) is 17.9 Å². The summed E-state index contributed by atoms with van der Waals surface area (Å²) in [5.41, 5.74) is 0.0531. The molecule has 8 heteroatoms. The van der Waals surface area contributed by atoms with Crippen molar-refractivity contribution in [1.29, 1.82) is 0 Å². The van der Waals surface area contributed by atoms with Crippen LogP contribution >= 0.6 is 23.4 Å².